The molecule has 0 saturated heterocycles. The van der Waals surface area contributed by atoms with Crippen molar-refractivity contribution in [2.24, 2.45) is 0 Å². The van der Waals surface area contributed by atoms with Gasteiger partial charge in [0.1, 0.15) is 0 Å². The van der Waals surface area contributed by atoms with Crippen LogP contribution in [0.1, 0.15) is 22.3 Å². The molecule has 0 saturated carbocycles. The van der Waals surface area contributed by atoms with E-state index in [1.807, 2.05) is 0 Å². The molecule has 39 heavy (non-hydrogen) atoms. The second-order valence-corrected chi connectivity index (χ2v) is 11.7. The number of rotatable bonds is 8. The van der Waals surface area contributed by atoms with E-state index >= 15 is 17.6 Å². The highest BCUT2D eigenvalue weighted by Gasteiger charge is 2.41. The van der Waals surface area contributed by atoms with Gasteiger partial charge in [-0.1, -0.05) is 60.7 Å². The monoisotopic (exact) mass is 580 g/mol. The Labute approximate surface area is 222 Å². The molecule has 0 amide bonds. The highest BCUT2D eigenvalue weighted by Crippen LogP contribution is 2.47. The Bertz CT molecular complexity index is 1570. The lowest BCUT2D eigenvalue weighted by Gasteiger charge is -2.37. The minimum Gasteiger partial charge on any atom is -0.376 e. The van der Waals surface area contributed by atoms with E-state index < -0.39 is 60.4 Å². The van der Waals surface area contributed by atoms with Crippen molar-refractivity contribution in [3.05, 3.63) is 130 Å². The van der Waals surface area contributed by atoms with Gasteiger partial charge in [0.2, 0.25) is 11.5 Å². The first-order chi connectivity index (χ1) is 18.2. The lowest BCUT2D eigenvalue weighted by molar-refractivity contribution is 0.434. The quantitative estimate of drug-likeness (QED) is 0.160. The third kappa shape index (κ3) is 5.76. The van der Waals surface area contributed by atoms with Crippen LogP contribution in [0.2, 0.25) is 0 Å². The maximum absolute atomic E-state index is 15.3. The molecule has 0 fully saturated rings. The second-order valence-electron chi connectivity index (χ2n) is 8.59. The summed E-state index contributed by atoms with van der Waals surface area (Å²) in [4.78, 5) is 0. The van der Waals surface area contributed by atoms with Gasteiger partial charge in [-0.05, 0) is 46.5 Å². The van der Waals surface area contributed by atoms with Crippen LogP contribution in [0.25, 0.3) is 0 Å². The Hall–Kier alpha value is -3.90. The first kappa shape index (κ1) is 28.1. The van der Waals surface area contributed by atoms with Crippen molar-refractivity contribution in [1.29, 1.82) is 0 Å². The van der Waals surface area contributed by atoms with Crippen LogP contribution in [0.15, 0.2) is 84.9 Å². The van der Waals surface area contributed by atoms with E-state index in [1.54, 1.807) is 60.7 Å². The zero-order chi connectivity index (χ0) is 28.6. The zero-order valence-corrected chi connectivity index (χ0v) is 22.0. The molecule has 0 atom stereocenters. The summed E-state index contributed by atoms with van der Waals surface area (Å²) in [5.41, 5.74) is -1.50. The summed E-state index contributed by atoms with van der Waals surface area (Å²) >= 11 is 0. The highest BCUT2D eigenvalue weighted by atomic mass is 32.2. The largest absolute Gasteiger partial charge is 0.376 e. The molecule has 204 valence electrons. The Balaban J connectivity index is 2.14. The summed E-state index contributed by atoms with van der Waals surface area (Å²) in [6.07, 6.45) is 1.23. The number of halogens is 4. The second kappa shape index (κ2) is 10.3. The van der Waals surface area contributed by atoms with Gasteiger partial charge in [-0.2, -0.15) is 16.8 Å². The third-order valence-corrected chi connectivity index (χ3v) is 6.68. The van der Waals surface area contributed by atoms with E-state index in [2.05, 4.69) is 8.37 Å². The van der Waals surface area contributed by atoms with E-state index in [-0.39, 0.29) is 11.1 Å². The third-order valence-electron chi connectivity index (χ3n) is 5.75. The molecular weight excluding hydrogens is 560 g/mol. The van der Waals surface area contributed by atoms with E-state index in [1.165, 1.54) is 0 Å². The van der Waals surface area contributed by atoms with Crippen LogP contribution in [0, 0.1) is 23.3 Å². The first-order valence-corrected chi connectivity index (χ1v) is 14.7. The molecule has 0 aliphatic heterocycles. The van der Waals surface area contributed by atoms with Crippen molar-refractivity contribution < 1.29 is 42.8 Å². The number of hydrogen-bond acceptors (Lipinski definition) is 6. The predicted octanol–water partition coefficient (Wildman–Crippen LogP) is 5.30. The SMILES string of the molecule is CS(=O)(=O)Oc1c(F)cc(C(c2ccccc2)(c2ccccc2)c2cc(F)c(OS(C)(=O)=O)c(F)c2)cc1F. The molecule has 0 radical (unpaired) electrons. The molecule has 0 spiro atoms. The number of benzene rings is 4. The van der Waals surface area contributed by atoms with E-state index in [9.17, 15) is 16.8 Å². The fourth-order valence-corrected chi connectivity index (χ4v) is 5.32. The van der Waals surface area contributed by atoms with Crippen molar-refractivity contribution in [2.45, 2.75) is 5.41 Å². The van der Waals surface area contributed by atoms with Crippen LogP contribution in [0.4, 0.5) is 17.6 Å². The van der Waals surface area contributed by atoms with Gasteiger partial charge in [-0.3, -0.25) is 0 Å². The molecule has 6 nitrogen and oxygen atoms in total. The molecule has 4 aromatic rings. The molecule has 0 bridgehead atoms. The fourth-order valence-electron chi connectivity index (χ4n) is 4.39. The predicted molar refractivity (Wildman–Crippen MR) is 136 cm³/mol. The molecule has 4 rings (SSSR count). The first-order valence-electron chi connectivity index (χ1n) is 11.1. The summed E-state index contributed by atoms with van der Waals surface area (Å²) < 4.78 is 116. The summed E-state index contributed by atoms with van der Waals surface area (Å²) in [5.74, 6) is -7.89. The van der Waals surface area contributed by atoms with E-state index in [4.69, 9.17) is 0 Å². The van der Waals surface area contributed by atoms with Crippen LogP contribution in [0.3, 0.4) is 0 Å². The van der Waals surface area contributed by atoms with Crippen molar-refractivity contribution in [2.75, 3.05) is 12.5 Å². The molecule has 12 heteroatoms. The fraction of sp³-hybridized carbons (Fsp3) is 0.111. The van der Waals surface area contributed by atoms with Crippen LogP contribution in [-0.2, 0) is 25.7 Å². The molecule has 0 aliphatic rings. The Morgan fingerprint density at radius 2 is 0.795 bits per heavy atom. The van der Waals surface area contributed by atoms with Gasteiger partial charge < -0.3 is 8.37 Å². The van der Waals surface area contributed by atoms with Crippen LogP contribution in [-0.4, -0.2) is 29.3 Å². The minimum atomic E-state index is -4.30. The molecular formula is C27H20F4O6S2. The van der Waals surface area contributed by atoms with Gasteiger partial charge in [0.15, 0.2) is 23.3 Å². The zero-order valence-electron chi connectivity index (χ0n) is 20.4. The van der Waals surface area contributed by atoms with Gasteiger partial charge in [0, 0.05) is 0 Å². The van der Waals surface area contributed by atoms with Gasteiger partial charge in [0.05, 0.1) is 17.9 Å². The minimum absolute atomic E-state index is 0.175. The molecule has 4 aromatic carbocycles. The van der Waals surface area contributed by atoms with Gasteiger partial charge in [0.25, 0.3) is 0 Å². The molecule has 0 aliphatic carbocycles. The lowest BCUT2D eigenvalue weighted by Crippen LogP contribution is -2.32. The van der Waals surface area contributed by atoms with Crippen LogP contribution in [0.5, 0.6) is 11.5 Å². The Kier molecular flexibility index (Phi) is 7.46. The van der Waals surface area contributed by atoms with Crippen molar-refractivity contribution in [3.63, 3.8) is 0 Å². The van der Waals surface area contributed by atoms with E-state index in [0.717, 1.165) is 24.3 Å². The van der Waals surface area contributed by atoms with Gasteiger partial charge >= 0.3 is 20.2 Å². The van der Waals surface area contributed by atoms with E-state index in [0.29, 0.717) is 23.6 Å². The van der Waals surface area contributed by atoms with Crippen LogP contribution >= 0.6 is 0 Å². The molecule has 0 heterocycles. The standard InChI is InChI=1S/C27H20F4O6S2/c1-38(32,33)36-25-21(28)13-19(14-22(25)29)27(17-9-5-3-6-10-17,18-11-7-4-8-12-18)20-15-23(30)26(24(31)16-20)37-39(2,34)35/h3-16H,1-2H3. The molecule has 0 unspecified atom stereocenters. The average Bonchev–Trinajstić information content (AvgIpc) is 2.84. The summed E-state index contributed by atoms with van der Waals surface area (Å²) in [7, 11) is -8.60. The smallest absolute Gasteiger partial charge is 0.306 e. The lowest BCUT2D eigenvalue weighted by atomic mass is 9.65. The van der Waals surface area contributed by atoms with Crippen molar-refractivity contribution in [1.82, 2.24) is 0 Å². The Morgan fingerprint density at radius 1 is 0.513 bits per heavy atom. The summed E-state index contributed by atoms with van der Waals surface area (Å²) in [6, 6.07) is 19.2. The maximum atomic E-state index is 15.3. The Morgan fingerprint density at radius 3 is 1.05 bits per heavy atom. The molecule has 0 aromatic heterocycles. The van der Waals surface area contributed by atoms with Crippen LogP contribution < -0.4 is 8.37 Å². The average molecular weight is 581 g/mol. The van der Waals surface area contributed by atoms with Gasteiger partial charge in [-0.15, -0.1) is 0 Å². The van der Waals surface area contributed by atoms with Gasteiger partial charge in [-0.25, -0.2) is 17.6 Å². The molecule has 0 N–H and O–H groups in total. The topological polar surface area (TPSA) is 86.7 Å². The maximum Gasteiger partial charge on any atom is 0.306 e. The highest BCUT2D eigenvalue weighted by molar-refractivity contribution is 7.86. The summed E-state index contributed by atoms with van der Waals surface area (Å²) in [5, 5.41) is 0. The van der Waals surface area contributed by atoms with Crippen molar-refractivity contribution in [3.8, 4) is 11.5 Å². The van der Waals surface area contributed by atoms with Crippen molar-refractivity contribution >= 4 is 20.2 Å². The summed E-state index contributed by atoms with van der Waals surface area (Å²) in [6.45, 7) is 0. The number of hydrogen-bond donors (Lipinski definition) is 0. The normalized spacial score (nSPS) is 12.3.